The molecule has 0 radical (unpaired) electrons. The van der Waals surface area contributed by atoms with Gasteiger partial charge in [0.2, 0.25) is 0 Å². The van der Waals surface area contributed by atoms with Gasteiger partial charge in [0, 0.05) is 11.8 Å². The number of nitriles is 1. The molecular weight excluding hydrogens is 204 g/mol. The molecule has 1 heterocycles. The summed E-state index contributed by atoms with van der Waals surface area (Å²) in [5, 5.41) is 12.4. The molecular formula is C12H16N2S. The zero-order valence-corrected chi connectivity index (χ0v) is 9.94. The number of hydrogen-bond donors (Lipinski definition) is 0. The van der Waals surface area contributed by atoms with E-state index < -0.39 is 0 Å². The monoisotopic (exact) mass is 220 g/mol. The van der Waals surface area contributed by atoms with Gasteiger partial charge in [-0.05, 0) is 19.3 Å². The van der Waals surface area contributed by atoms with Crippen LogP contribution in [0.15, 0.2) is 5.38 Å². The molecule has 1 aliphatic rings. The number of nitrogens with zero attached hydrogens (tertiary/aromatic N) is 2. The highest BCUT2D eigenvalue weighted by molar-refractivity contribution is 7.09. The second-order valence-corrected chi connectivity index (χ2v) is 5.35. The second kappa shape index (κ2) is 4.32. The van der Waals surface area contributed by atoms with Gasteiger partial charge in [-0.3, -0.25) is 0 Å². The van der Waals surface area contributed by atoms with E-state index >= 15 is 0 Å². The van der Waals surface area contributed by atoms with Crippen molar-refractivity contribution in [2.24, 2.45) is 5.41 Å². The Balaban J connectivity index is 2.01. The Morgan fingerprint density at radius 3 is 2.93 bits per heavy atom. The smallest absolute Gasteiger partial charge is 0.0944 e. The second-order valence-electron chi connectivity index (χ2n) is 4.41. The first-order chi connectivity index (χ1) is 7.28. The summed E-state index contributed by atoms with van der Waals surface area (Å²) in [6, 6.07) is 2.47. The SMILES string of the molecule is CCCc1csc(CC2(C#N)CCC2)n1. The lowest BCUT2D eigenvalue weighted by Gasteiger charge is -2.34. The minimum Gasteiger partial charge on any atom is -0.246 e. The Hall–Kier alpha value is -0.880. The molecule has 0 atom stereocenters. The van der Waals surface area contributed by atoms with Crippen LogP contribution >= 0.6 is 11.3 Å². The minimum atomic E-state index is -0.0681. The maximum absolute atomic E-state index is 9.13. The molecule has 0 N–H and O–H groups in total. The van der Waals surface area contributed by atoms with Crippen molar-refractivity contribution in [3.63, 3.8) is 0 Å². The molecule has 1 saturated carbocycles. The van der Waals surface area contributed by atoms with E-state index in [4.69, 9.17) is 5.26 Å². The van der Waals surface area contributed by atoms with E-state index in [1.54, 1.807) is 11.3 Å². The zero-order valence-electron chi connectivity index (χ0n) is 9.12. The standard InChI is InChI=1S/C12H16N2S/c1-2-4-10-8-15-11(14-10)7-12(9-13)5-3-6-12/h8H,2-7H2,1H3. The van der Waals surface area contributed by atoms with Crippen LogP contribution in [0.1, 0.15) is 43.3 Å². The molecule has 2 rings (SSSR count). The topological polar surface area (TPSA) is 36.7 Å². The predicted octanol–water partition coefficient (Wildman–Crippen LogP) is 3.33. The van der Waals surface area contributed by atoms with Crippen LogP contribution < -0.4 is 0 Å². The highest BCUT2D eigenvalue weighted by atomic mass is 32.1. The van der Waals surface area contributed by atoms with Gasteiger partial charge in [0.1, 0.15) is 0 Å². The minimum absolute atomic E-state index is 0.0681. The first-order valence-corrected chi connectivity index (χ1v) is 6.50. The van der Waals surface area contributed by atoms with Crippen LogP contribution in [-0.4, -0.2) is 4.98 Å². The summed E-state index contributed by atoms with van der Waals surface area (Å²) in [7, 11) is 0. The van der Waals surface area contributed by atoms with E-state index in [1.165, 1.54) is 12.1 Å². The van der Waals surface area contributed by atoms with Gasteiger partial charge in [-0.15, -0.1) is 11.3 Å². The first kappa shape index (κ1) is 10.6. The van der Waals surface area contributed by atoms with E-state index in [2.05, 4.69) is 23.4 Å². The summed E-state index contributed by atoms with van der Waals surface area (Å²) >= 11 is 1.72. The van der Waals surface area contributed by atoms with Crippen LogP contribution in [0, 0.1) is 16.7 Å². The van der Waals surface area contributed by atoms with Crippen molar-refractivity contribution >= 4 is 11.3 Å². The third-order valence-corrected chi connectivity index (χ3v) is 4.04. The lowest BCUT2D eigenvalue weighted by Crippen LogP contribution is -2.29. The molecule has 1 fully saturated rings. The van der Waals surface area contributed by atoms with Crippen LogP contribution in [-0.2, 0) is 12.8 Å². The van der Waals surface area contributed by atoms with Gasteiger partial charge in [-0.25, -0.2) is 4.98 Å². The molecule has 2 nitrogen and oxygen atoms in total. The molecule has 0 bridgehead atoms. The molecule has 80 valence electrons. The van der Waals surface area contributed by atoms with Crippen molar-refractivity contribution in [2.75, 3.05) is 0 Å². The van der Waals surface area contributed by atoms with Crippen molar-refractivity contribution in [1.82, 2.24) is 4.98 Å². The van der Waals surface area contributed by atoms with Gasteiger partial charge in [-0.1, -0.05) is 19.8 Å². The number of aromatic nitrogens is 1. The summed E-state index contributed by atoms with van der Waals surface area (Å²) in [6.07, 6.45) is 6.42. The molecule has 0 amide bonds. The Morgan fingerprint density at radius 2 is 2.40 bits per heavy atom. The van der Waals surface area contributed by atoms with E-state index in [9.17, 15) is 0 Å². The molecule has 15 heavy (non-hydrogen) atoms. The highest BCUT2D eigenvalue weighted by Crippen LogP contribution is 2.43. The largest absolute Gasteiger partial charge is 0.246 e. The fraction of sp³-hybridized carbons (Fsp3) is 0.667. The first-order valence-electron chi connectivity index (χ1n) is 5.62. The van der Waals surface area contributed by atoms with E-state index in [0.29, 0.717) is 0 Å². The Labute approximate surface area is 95.0 Å². The highest BCUT2D eigenvalue weighted by Gasteiger charge is 2.37. The van der Waals surface area contributed by atoms with Crippen LogP contribution in [0.25, 0.3) is 0 Å². The quantitative estimate of drug-likeness (QED) is 0.780. The predicted molar refractivity (Wildman–Crippen MR) is 61.7 cm³/mol. The Kier molecular flexibility index (Phi) is 3.06. The summed E-state index contributed by atoms with van der Waals surface area (Å²) in [4.78, 5) is 4.58. The molecule has 0 aromatic carbocycles. The molecule has 0 unspecified atom stereocenters. The average Bonchev–Trinajstić information content (AvgIpc) is 2.60. The normalized spacial score (nSPS) is 18.1. The summed E-state index contributed by atoms with van der Waals surface area (Å²) < 4.78 is 0. The molecule has 0 spiro atoms. The van der Waals surface area contributed by atoms with Crippen LogP contribution in [0.4, 0.5) is 0 Å². The van der Waals surface area contributed by atoms with E-state index in [1.807, 2.05) is 0 Å². The number of hydrogen-bond acceptors (Lipinski definition) is 3. The molecule has 1 aromatic heterocycles. The van der Waals surface area contributed by atoms with Crippen LogP contribution in [0.5, 0.6) is 0 Å². The maximum Gasteiger partial charge on any atom is 0.0944 e. The van der Waals surface area contributed by atoms with Crippen molar-refractivity contribution in [3.05, 3.63) is 16.1 Å². The number of aryl methyl sites for hydroxylation is 1. The van der Waals surface area contributed by atoms with Gasteiger partial charge in [0.05, 0.1) is 22.2 Å². The Morgan fingerprint density at radius 1 is 1.60 bits per heavy atom. The van der Waals surface area contributed by atoms with Crippen molar-refractivity contribution in [3.8, 4) is 6.07 Å². The van der Waals surface area contributed by atoms with Crippen molar-refractivity contribution < 1.29 is 0 Å². The van der Waals surface area contributed by atoms with Crippen LogP contribution in [0.3, 0.4) is 0 Å². The maximum atomic E-state index is 9.13. The number of thiazole rings is 1. The van der Waals surface area contributed by atoms with Crippen molar-refractivity contribution in [2.45, 2.75) is 45.4 Å². The summed E-state index contributed by atoms with van der Waals surface area (Å²) in [5.41, 5.74) is 1.13. The van der Waals surface area contributed by atoms with Gasteiger partial charge in [-0.2, -0.15) is 5.26 Å². The lowest BCUT2D eigenvalue weighted by molar-refractivity contribution is 0.214. The zero-order chi connectivity index (χ0) is 10.7. The third kappa shape index (κ3) is 2.21. The average molecular weight is 220 g/mol. The van der Waals surface area contributed by atoms with Crippen LogP contribution in [0.2, 0.25) is 0 Å². The molecule has 3 heteroatoms. The molecule has 0 aliphatic heterocycles. The summed E-state index contributed by atoms with van der Waals surface area (Å²) in [6.45, 7) is 2.17. The van der Waals surface area contributed by atoms with Gasteiger partial charge < -0.3 is 0 Å². The molecule has 1 aromatic rings. The van der Waals surface area contributed by atoms with E-state index in [-0.39, 0.29) is 5.41 Å². The van der Waals surface area contributed by atoms with Gasteiger partial charge >= 0.3 is 0 Å². The molecule has 1 aliphatic carbocycles. The third-order valence-electron chi connectivity index (χ3n) is 3.14. The summed E-state index contributed by atoms with van der Waals surface area (Å²) in [5.74, 6) is 0. The van der Waals surface area contributed by atoms with E-state index in [0.717, 1.165) is 37.1 Å². The molecule has 0 saturated heterocycles. The number of rotatable bonds is 4. The van der Waals surface area contributed by atoms with Gasteiger partial charge in [0.25, 0.3) is 0 Å². The fourth-order valence-electron chi connectivity index (χ4n) is 2.02. The van der Waals surface area contributed by atoms with Gasteiger partial charge in [0.15, 0.2) is 0 Å². The lowest BCUT2D eigenvalue weighted by atomic mass is 9.68. The Bertz CT molecular complexity index is 371. The van der Waals surface area contributed by atoms with Crippen molar-refractivity contribution in [1.29, 1.82) is 5.26 Å². The fourth-order valence-corrected chi connectivity index (χ4v) is 2.99.